The molecular weight excluding hydrogens is 260 g/mol. The number of nitrogens with zero attached hydrogens (tertiary/aromatic N) is 2. The molecule has 1 aromatic heterocycles. The van der Waals surface area contributed by atoms with E-state index in [1.54, 1.807) is 23.8 Å². The first kappa shape index (κ1) is 14.4. The highest BCUT2D eigenvalue weighted by atomic mass is 16.4. The molecular formula is C14H20N2O4. The zero-order chi connectivity index (χ0) is 14.9. The van der Waals surface area contributed by atoms with Crippen molar-refractivity contribution in [2.75, 3.05) is 20.1 Å². The number of carboxylic acid groups (broad SMARTS) is 1. The molecule has 1 fully saturated rings. The topological polar surface area (TPSA) is 74.0 Å². The molecule has 1 aliphatic rings. The molecule has 0 radical (unpaired) electrons. The van der Waals surface area contributed by atoms with Gasteiger partial charge in [-0.05, 0) is 19.1 Å². The molecule has 1 aliphatic heterocycles. The van der Waals surface area contributed by atoms with Crippen molar-refractivity contribution in [3.63, 3.8) is 0 Å². The van der Waals surface area contributed by atoms with E-state index < -0.39 is 11.9 Å². The highest BCUT2D eigenvalue weighted by Crippen LogP contribution is 2.25. The van der Waals surface area contributed by atoms with Gasteiger partial charge in [-0.3, -0.25) is 4.79 Å². The van der Waals surface area contributed by atoms with Gasteiger partial charge in [-0.1, -0.05) is 6.92 Å². The summed E-state index contributed by atoms with van der Waals surface area (Å²) in [6, 6.07) is 3.62. The number of carbonyl (C=O) groups is 2. The fourth-order valence-electron chi connectivity index (χ4n) is 2.30. The van der Waals surface area contributed by atoms with E-state index in [-0.39, 0.29) is 11.9 Å². The Balaban J connectivity index is 1.82. The molecule has 1 saturated heterocycles. The Bertz CT molecular complexity index is 505. The molecule has 0 aromatic carbocycles. The maximum Gasteiger partial charge on any atom is 0.320 e. The minimum absolute atomic E-state index is 0.0516. The van der Waals surface area contributed by atoms with Gasteiger partial charge < -0.3 is 19.3 Å². The van der Waals surface area contributed by atoms with E-state index in [0.717, 1.165) is 11.5 Å². The predicted molar refractivity (Wildman–Crippen MR) is 72.2 cm³/mol. The third-order valence-electron chi connectivity index (χ3n) is 3.79. The second-order valence-electron chi connectivity index (χ2n) is 5.44. The van der Waals surface area contributed by atoms with E-state index in [9.17, 15) is 9.59 Å². The van der Waals surface area contributed by atoms with Crippen LogP contribution >= 0.6 is 0 Å². The summed E-state index contributed by atoms with van der Waals surface area (Å²) in [5.74, 6) is 0.406. The van der Waals surface area contributed by atoms with Crippen molar-refractivity contribution in [3.05, 3.63) is 23.7 Å². The van der Waals surface area contributed by atoms with Crippen molar-refractivity contribution in [2.45, 2.75) is 20.4 Å². The smallest absolute Gasteiger partial charge is 0.320 e. The number of carboxylic acids is 1. The molecule has 0 spiro atoms. The van der Waals surface area contributed by atoms with Crippen molar-refractivity contribution in [3.8, 4) is 0 Å². The van der Waals surface area contributed by atoms with Crippen molar-refractivity contribution < 1.29 is 19.1 Å². The Kier molecular flexibility index (Phi) is 4.01. The van der Waals surface area contributed by atoms with Crippen molar-refractivity contribution in [2.24, 2.45) is 11.8 Å². The lowest BCUT2D eigenvalue weighted by Gasteiger charge is -2.42. The summed E-state index contributed by atoms with van der Waals surface area (Å²) in [7, 11) is 1.72. The lowest BCUT2D eigenvalue weighted by Crippen LogP contribution is -2.56. The normalized spacial score (nSPS) is 16.6. The van der Waals surface area contributed by atoms with Crippen molar-refractivity contribution in [1.29, 1.82) is 0 Å². The standard InChI is InChI=1S/C14H20N2O4/c1-9-4-5-12(20-9)8-15(3)14(19)16-6-11(7-16)10(2)13(17)18/h4-5,10-11H,6-8H2,1-3H3,(H,17,18). The molecule has 0 bridgehead atoms. The molecule has 6 heteroatoms. The summed E-state index contributed by atoms with van der Waals surface area (Å²) in [6.07, 6.45) is 0. The van der Waals surface area contributed by atoms with E-state index in [2.05, 4.69) is 0 Å². The van der Waals surface area contributed by atoms with Gasteiger partial charge in [-0.2, -0.15) is 0 Å². The summed E-state index contributed by atoms with van der Waals surface area (Å²) in [4.78, 5) is 26.2. The van der Waals surface area contributed by atoms with Crippen LogP contribution in [0, 0.1) is 18.8 Å². The molecule has 110 valence electrons. The summed E-state index contributed by atoms with van der Waals surface area (Å²) in [6.45, 7) is 4.98. The predicted octanol–water partition coefficient (Wildman–Crippen LogP) is 1.79. The molecule has 1 N–H and O–H groups in total. The minimum atomic E-state index is -0.804. The van der Waals surface area contributed by atoms with Crippen molar-refractivity contribution in [1.82, 2.24) is 9.80 Å². The number of aliphatic carboxylic acids is 1. The molecule has 6 nitrogen and oxygen atoms in total. The van der Waals surface area contributed by atoms with Gasteiger partial charge in [0, 0.05) is 26.1 Å². The van der Waals surface area contributed by atoms with Crippen LogP contribution < -0.4 is 0 Å². The minimum Gasteiger partial charge on any atom is -0.481 e. The number of hydrogen-bond donors (Lipinski definition) is 1. The number of urea groups is 1. The van der Waals surface area contributed by atoms with E-state index in [1.165, 1.54) is 0 Å². The largest absolute Gasteiger partial charge is 0.481 e. The Morgan fingerprint density at radius 2 is 2.15 bits per heavy atom. The van der Waals surface area contributed by atoms with E-state index in [1.807, 2.05) is 19.1 Å². The van der Waals surface area contributed by atoms with Gasteiger partial charge >= 0.3 is 12.0 Å². The molecule has 2 heterocycles. The fraction of sp³-hybridized carbons (Fsp3) is 0.571. The lowest BCUT2D eigenvalue weighted by atomic mass is 9.87. The SMILES string of the molecule is Cc1ccc(CN(C)C(=O)N2CC(C(C)C(=O)O)C2)o1. The van der Waals surface area contributed by atoms with Crippen LogP contribution in [-0.4, -0.2) is 47.0 Å². The Labute approximate surface area is 118 Å². The van der Waals surface area contributed by atoms with Gasteiger partial charge in [0.2, 0.25) is 0 Å². The molecule has 2 rings (SSSR count). The quantitative estimate of drug-likeness (QED) is 0.912. The van der Waals surface area contributed by atoms with Gasteiger partial charge in [-0.25, -0.2) is 4.79 Å². The van der Waals surface area contributed by atoms with Crippen LogP contribution in [0.4, 0.5) is 4.79 Å². The van der Waals surface area contributed by atoms with E-state index in [0.29, 0.717) is 19.6 Å². The third kappa shape index (κ3) is 2.95. The van der Waals surface area contributed by atoms with Gasteiger partial charge in [-0.15, -0.1) is 0 Å². The highest BCUT2D eigenvalue weighted by molar-refractivity contribution is 5.76. The zero-order valence-electron chi connectivity index (χ0n) is 12.0. The number of hydrogen-bond acceptors (Lipinski definition) is 3. The van der Waals surface area contributed by atoms with Gasteiger partial charge in [0.15, 0.2) is 0 Å². The number of carbonyl (C=O) groups excluding carboxylic acids is 1. The molecule has 0 saturated carbocycles. The first-order valence-corrected chi connectivity index (χ1v) is 6.66. The molecule has 0 aliphatic carbocycles. The zero-order valence-corrected chi connectivity index (χ0v) is 12.0. The summed E-state index contributed by atoms with van der Waals surface area (Å²) >= 11 is 0. The maximum absolute atomic E-state index is 12.1. The van der Waals surface area contributed by atoms with Crippen LogP contribution in [0.1, 0.15) is 18.4 Å². The molecule has 2 amide bonds. The Morgan fingerprint density at radius 1 is 1.50 bits per heavy atom. The lowest BCUT2D eigenvalue weighted by molar-refractivity contribution is -0.144. The number of amides is 2. The van der Waals surface area contributed by atoms with Crippen LogP contribution in [-0.2, 0) is 11.3 Å². The Hall–Kier alpha value is -1.98. The van der Waals surface area contributed by atoms with Crippen LogP contribution in [0.2, 0.25) is 0 Å². The average Bonchev–Trinajstić information content (AvgIpc) is 2.72. The number of rotatable bonds is 4. The van der Waals surface area contributed by atoms with Gasteiger partial charge in [0.05, 0.1) is 12.5 Å². The molecule has 1 aromatic rings. The monoisotopic (exact) mass is 280 g/mol. The fourth-order valence-corrected chi connectivity index (χ4v) is 2.30. The Morgan fingerprint density at radius 3 is 2.65 bits per heavy atom. The summed E-state index contributed by atoms with van der Waals surface area (Å²) < 4.78 is 5.44. The molecule has 1 atom stereocenters. The number of likely N-dealkylation sites (tertiary alicyclic amines) is 1. The van der Waals surface area contributed by atoms with Crippen LogP contribution in [0.3, 0.4) is 0 Å². The first-order valence-electron chi connectivity index (χ1n) is 6.66. The maximum atomic E-state index is 12.1. The highest BCUT2D eigenvalue weighted by Gasteiger charge is 2.38. The van der Waals surface area contributed by atoms with E-state index in [4.69, 9.17) is 9.52 Å². The third-order valence-corrected chi connectivity index (χ3v) is 3.79. The molecule has 1 unspecified atom stereocenters. The second-order valence-corrected chi connectivity index (χ2v) is 5.44. The van der Waals surface area contributed by atoms with Crippen LogP contribution in [0.15, 0.2) is 16.5 Å². The first-order chi connectivity index (χ1) is 9.38. The summed E-state index contributed by atoms with van der Waals surface area (Å²) in [5, 5.41) is 8.92. The summed E-state index contributed by atoms with van der Waals surface area (Å²) in [5.41, 5.74) is 0. The average molecular weight is 280 g/mol. The van der Waals surface area contributed by atoms with Crippen molar-refractivity contribution >= 4 is 12.0 Å². The van der Waals surface area contributed by atoms with Gasteiger partial charge in [0.25, 0.3) is 0 Å². The van der Waals surface area contributed by atoms with Crippen LogP contribution in [0.25, 0.3) is 0 Å². The molecule has 20 heavy (non-hydrogen) atoms. The number of aryl methyl sites for hydroxylation is 1. The van der Waals surface area contributed by atoms with Crippen LogP contribution in [0.5, 0.6) is 0 Å². The number of furan rings is 1. The van der Waals surface area contributed by atoms with Gasteiger partial charge in [0.1, 0.15) is 11.5 Å². The second kappa shape index (κ2) is 5.56. The van der Waals surface area contributed by atoms with E-state index >= 15 is 0 Å².